The SMILES string of the molecule is Cc1cc(N)ccc1-n1c(=O)n(C)c2ccccc21. The Bertz CT molecular complexity index is 827. The van der Waals surface area contributed by atoms with E-state index in [-0.39, 0.29) is 5.69 Å². The lowest BCUT2D eigenvalue weighted by Crippen LogP contribution is -2.21. The third-order valence-electron chi connectivity index (χ3n) is 3.42. The maximum atomic E-state index is 12.4. The highest BCUT2D eigenvalue weighted by Crippen LogP contribution is 2.21. The number of hydrogen-bond donors (Lipinski definition) is 1. The van der Waals surface area contributed by atoms with Crippen LogP contribution in [0.4, 0.5) is 5.69 Å². The minimum atomic E-state index is -0.0472. The Balaban J connectivity index is 2.43. The van der Waals surface area contributed by atoms with Crippen molar-refractivity contribution >= 4 is 16.7 Å². The third kappa shape index (κ3) is 1.64. The molecule has 0 saturated heterocycles. The number of benzene rings is 2. The molecule has 1 aromatic heterocycles. The molecule has 96 valence electrons. The van der Waals surface area contributed by atoms with Gasteiger partial charge in [-0.3, -0.25) is 9.13 Å². The van der Waals surface area contributed by atoms with E-state index in [1.165, 1.54) is 0 Å². The highest BCUT2D eigenvalue weighted by Gasteiger charge is 2.13. The zero-order valence-corrected chi connectivity index (χ0v) is 10.9. The number of aromatic nitrogens is 2. The van der Waals surface area contributed by atoms with E-state index in [0.29, 0.717) is 5.69 Å². The lowest BCUT2D eigenvalue weighted by atomic mass is 10.1. The Hall–Kier alpha value is -2.49. The predicted octanol–water partition coefficient (Wildman–Crippen LogP) is 2.22. The summed E-state index contributed by atoms with van der Waals surface area (Å²) in [4.78, 5) is 12.4. The average molecular weight is 253 g/mol. The van der Waals surface area contributed by atoms with Crippen molar-refractivity contribution < 1.29 is 0 Å². The average Bonchev–Trinajstić information content (AvgIpc) is 2.64. The minimum Gasteiger partial charge on any atom is -0.399 e. The maximum absolute atomic E-state index is 12.4. The number of nitrogens with zero attached hydrogens (tertiary/aromatic N) is 2. The Morgan fingerprint density at radius 1 is 1.05 bits per heavy atom. The minimum absolute atomic E-state index is 0.0472. The first-order valence-corrected chi connectivity index (χ1v) is 6.12. The second-order valence-electron chi connectivity index (χ2n) is 4.71. The van der Waals surface area contributed by atoms with Crippen molar-refractivity contribution in [2.75, 3.05) is 5.73 Å². The van der Waals surface area contributed by atoms with E-state index in [1.54, 1.807) is 16.2 Å². The van der Waals surface area contributed by atoms with Crippen LogP contribution in [-0.4, -0.2) is 9.13 Å². The summed E-state index contributed by atoms with van der Waals surface area (Å²) >= 11 is 0. The molecule has 4 nitrogen and oxygen atoms in total. The van der Waals surface area contributed by atoms with Crippen LogP contribution in [0.25, 0.3) is 16.7 Å². The van der Waals surface area contributed by atoms with E-state index in [4.69, 9.17) is 5.73 Å². The van der Waals surface area contributed by atoms with Crippen molar-refractivity contribution in [1.82, 2.24) is 9.13 Å². The Kier molecular flexibility index (Phi) is 2.45. The first-order valence-electron chi connectivity index (χ1n) is 6.12. The van der Waals surface area contributed by atoms with Gasteiger partial charge in [0.1, 0.15) is 0 Å². The number of aryl methyl sites for hydroxylation is 2. The van der Waals surface area contributed by atoms with Crippen LogP contribution in [0.5, 0.6) is 0 Å². The number of para-hydroxylation sites is 2. The summed E-state index contributed by atoms with van der Waals surface area (Å²) in [7, 11) is 1.79. The van der Waals surface area contributed by atoms with Crippen LogP contribution in [-0.2, 0) is 7.05 Å². The molecule has 4 heteroatoms. The molecule has 0 fully saturated rings. The molecule has 0 aliphatic carbocycles. The van der Waals surface area contributed by atoms with Gasteiger partial charge in [0.15, 0.2) is 0 Å². The van der Waals surface area contributed by atoms with Crippen LogP contribution in [0, 0.1) is 6.92 Å². The number of hydrogen-bond acceptors (Lipinski definition) is 2. The predicted molar refractivity (Wildman–Crippen MR) is 77.7 cm³/mol. The Labute approximate surface area is 110 Å². The maximum Gasteiger partial charge on any atom is 0.333 e. The zero-order chi connectivity index (χ0) is 13.6. The molecule has 2 aromatic carbocycles. The lowest BCUT2D eigenvalue weighted by Gasteiger charge is -2.08. The van der Waals surface area contributed by atoms with Crippen LogP contribution in [0.2, 0.25) is 0 Å². The fourth-order valence-corrected chi connectivity index (χ4v) is 2.46. The molecular weight excluding hydrogens is 238 g/mol. The molecule has 0 saturated carbocycles. The summed E-state index contributed by atoms with van der Waals surface area (Å²) in [5.74, 6) is 0. The summed E-state index contributed by atoms with van der Waals surface area (Å²) in [5.41, 5.74) is 10.1. The molecule has 19 heavy (non-hydrogen) atoms. The van der Waals surface area contributed by atoms with Gasteiger partial charge in [-0.2, -0.15) is 0 Å². The Morgan fingerprint density at radius 2 is 1.74 bits per heavy atom. The van der Waals surface area contributed by atoms with Gasteiger partial charge < -0.3 is 5.73 Å². The quantitative estimate of drug-likeness (QED) is 0.676. The molecule has 3 aromatic rings. The normalized spacial score (nSPS) is 11.1. The number of anilines is 1. The van der Waals surface area contributed by atoms with Gasteiger partial charge in [-0.05, 0) is 42.8 Å². The van der Waals surface area contributed by atoms with E-state index < -0.39 is 0 Å². The van der Waals surface area contributed by atoms with Crippen molar-refractivity contribution in [3.8, 4) is 5.69 Å². The van der Waals surface area contributed by atoms with Crippen LogP contribution in [0.3, 0.4) is 0 Å². The number of nitrogen functional groups attached to an aromatic ring is 1. The van der Waals surface area contributed by atoms with E-state index in [2.05, 4.69) is 0 Å². The summed E-state index contributed by atoms with van der Waals surface area (Å²) < 4.78 is 3.38. The largest absolute Gasteiger partial charge is 0.399 e. The summed E-state index contributed by atoms with van der Waals surface area (Å²) in [6, 6.07) is 13.3. The molecule has 0 aliphatic heterocycles. The number of imidazole rings is 1. The first kappa shape index (κ1) is 11.6. The molecule has 0 unspecified atom stereocenters. The molecule has 2 N–H and O–H groups in total. The van der Waals surface area contributed by atoms with Gasteiger partial charge in [0.25, 0.3) is 0 Å². The molecular formula is C15H15N3O. The van der Waals surface area contributed by atoms with Crippen molar-refractivity contribution in [3.63, 3.8) is 0 Å². The first-order chi connectivity index (χ1) is 9.09. The van der Waals surface area contributed by atoms with E-state index in [9.17, 15) is 4.79 Å². The van der Waals surface area contributed by atoms with Crippen LogP contribution >= 0.6 is 0 Å². The summed E-state index contributed by atoms with van der Waals surface area (Å²) in [6.45, 7) is 1.96. The number of rotatable bonds is 1. The second kappa shape index (κ2) is 4.02. The van der Waals surface area contributed by atoms with Gasteiger partial charge in [0, 0.05) is 12.7 Å². The monoisotopic (exact) mass is 253 g/mol. The second-order valence-corrected chi connectivity index (χ2v) is 4.71. The highest BCUT2D eigenvalue weighted by molar-refractivity contribution is 5.78. The molecule has 0 aliphatic rings. The van der Waals surface area contributed by atoms with Crippen molar-refractivity contribution in [3.05, 3.63) is 58.5 Å². The highest BCUT2D eigenvalue weighted by atomic mass is 16.1. The molecule has 0 atom stereocenters. The molecule has 0 radical (unpaired) electrons. The third-order valence-corrected chi connectivity index (χ3v) is 3.42. The van der Waals surface area contributed by atoms with Gasteiger partial charge in [-0.15, -0.1) is 0 Å². The van der Waals surface area contributed by atoms with Crippen LogP contribution < -0.4 is 11.4 Å². The van der Waals surface area contributed by atoms with Crippen LogP contribution in [0.15, 0.2) is 47.3 Å². The van der Waals surface area contributed by atoms with Gasteiger partial charge in [0.05, 0.1) is 16.7 Å². The van der Waals surface area contributed by atoms with Gasteiger partial charge >= 0.3 is 5.69 Å². The van der Waals surface area contributed by atoms with Gasteiger partial charge in [0.2, 0.25) is 0 Å². The van der Waals surface area contributed by atoms with Gasteiger partial charge in [-0.25, -0.2) is 4.79 Å². The van der Waals surface area contributed by atoms with E-state index >= 15 is 0 Å². The summed E-state index contributed by atoms with van der Waals surface area (Å²) in [5, 5.41) is 0. The molecule has 3 rings (SSSR count). The lowest BCUT2D eigenvalue weighted by molar-refractivity contribution is 0.844. The van der Waals surface area contributed by atoms with Crippen molar-refractivity contribution in [2.24, 2.45) is 7.05 Å². The summed E-state index contributed by atoms with van der Waals surface area (Å²) in [6.07, 6.45) is 0. The molecule has 0 bridgehead atoms. The molecule has 1 heterocycles. The molecule has 0 amide bonds. The number of nitrogens with two attached hydrogens (primary N) is 1. The standard InChI is InChI=1S/C15H15N3O/c1-10-9-11(16)7-8-12(10)18-14-6-4-3-5-13(14)17(2)15(18)19/h3-9H,16H2,1-2H3. The topological polar surface area (TPSA) is 52.9 Å². The van der Waals surface area contributed by atoms with E-state index in [1.807, 2.05) is 49.4 Å². The van der Waals surface area contributed by atoms with Crippen LogP contribution in [0.1, 0.15) is 5.56 Å². The van der Waals surface area contributed by atoms with E-state index in [0.717, 1.165) is 22.3 Å². The van der Waals surface area contributed by atoms with Crippen molar-refractivity contribution in [2.45, 2.75) is 6.92 Å². The number of fused-ring (bicyclic) bond motifs is 1. The Morgan fingerprint density at radius 3 is 2.42 bits per heavy atom. The van der Waals surface area contributed by atoms with Crippen molar-refractivity contribution in [1.29, 1.82) is 0 Å². The zero-order valence-electron chi connectivity index (χ0n) is 10.9. The smallest absolute Gasteiger partial charge is 0.333 e. The fraction of sp³-hybridized carbons (Fsp3) is 0.133. The van der Waals surface area contributed by atoms with Gasteiger partial charge in [-0.1, -0.05) is 12.1 Å². The molecule has 0 spiro atoms. The fourth-order valence-electron chi connectivity index (χ4n) is 2.46.